The molecular weight excluding hydrogens is 212 g/mol. The number of hydrogen-bond donors (Lipinski definition) is 0. The summed E-state index contributed by atoms with van der Waals surface area (Å²) in [5.41, 5.74) is 0. The molecule has 84 valence electrons. The summed E-state index contributed by atoms with van der Waals surface area (Å²) in [4.78, 5) is 0. The van der Waals surface area contributed by atoms with Crippen molar-refractivity contribution in [1.82, 2.24) is 10.2 Å². The number of nitrogens with zero attached hydrogens (tertiary/aromatic N) is 2. The van der Waals surface area contributed by atoms with E-state index in [-0.39, 0.29) is 5.38 Å². The lowest BCUT2D eigenvalue weighted by atomic mass is 9.83. The Labute approximate surface area is 95.2 Å². The summed E-state index contributed by atoms with van der Waals surface area (Å²) in [6, 6.07) is 0. The molecule has 0 aromatic carbocycles. The lowest BCUT2D eigenvalue weighted by molar-refractivity contribution is 0.302. The van der Waals surface area contributed by atoms with Crippen molar-refractivity contribution in [2.24, 2.45) is 5.92 Å². The summed E-state index contributed by atoms with van der Waals surface area (Å²) in [6.07, 6.45) is 4.86. The topological polar surface area (TPSA) is 38.9 Å². The summed E-state index contributed by atoms with van der Waals surface area (Å²) in [5, 5.41) is 7.86. The Kier molecular flexibility index (Phi) is 3.29. The Hall–Kier alpha value is -0.570. The molecule has 0 N–H and O–H groups in total. The molecule has 0 aliphatic heterocycles. The Morgan fingerprint density at radius 3 is 2.47 bits per heavy atom. The molecule has 1 aliphatic carbocycles. The summed E-state index contributed by atoms with van der Waals surface area (Å²) in [5.74, 6) is 2.63. The third-order valence-electron chi connectivity index (χ3n) is 3.16. The van der Waals surface area contributed by atoms with Crippen molar-refractivity contribution in [1.29, 1.82) is 0 Å². The molecule has 2 rings (SSSR count). The summed E-state index contributed by atoms with van der Waals surface area (Å²) >= 11 is 5.88. The first-order valence-corrected chi connectivity index (χ1v) is 6.08. The van der Waals surface area contributed by atoms with E-state index < -0.39 is 0 Å². The van der Waals surface area contributed by atoms with Gasteiger partial charge in [-0.25, -0.2) is 0 Å². The molecule has 1 atom stereocenters. The number of alkyl halides is 1. The number of rotatable bonds is 2. The van der Waals surface area contributed by atoms with Gasteiger partial charge in [-0.15, -0.1) is 21.8 Å². The standard InChI is InChI=1S/C11H17ClN2O/c1-7-3-5-9(6-4-7)11-14-13-10(15-11)8(2)12/h7-9H,3-6H2,1-2H3. The molecule has 0 amide bonds. The van der Waals surface area contributed by atoms with Gasteiger partial charge in [0.15, 0.2) is 0 Å². The van der Waals surface area contributed by atoms with Crippen LogP contribution in [-0.4, -0.2) is 10.2 Å². The Morgan fingerprint density at radius 2 is 1.93 bits per heavy atom. The van der Waals surface area contributed by atoms with Crippen LogP contribution in [0.1, 0.15) is 62.6 Å². The molecule has 1 fully saturated rings. The molecule has 1 heterocycles. The van der Waals surface area contributed by atoms with E-state index in [0.717, 1.165) is 11.8 Å². The maximum absolute atomic E-state index is 5.88. The zero-order valence-corrected chi connectivity index (χ0v) is 10.00. The lowest BCUT2D eigenvalue weighted by Gasteiger charge is -2.23. The Morgan fingerprint density at radius 1 is 1.27 bits per heavy atom. The highest BCUT2D eigenvalue weighted by Crippen LogP contribution is 2.35. The third-order valence-corrected chi connectivity index (χ3v) is 3.35. The summed E-state index contributed by atoms with van der Waals surface area (Å²) < 4.78 is 5.57. The smallest absolute Gasteiger partial charge is 0.234 e. The predicted molar refractivity (Wildman–Crippen MR) is 58.9 cm³/mol. The SMILES string of the molecule is CC1CCC(c2nnc(C(C)Cl)o2)CC1. The van der Waals surface area contributed by atoms with Gasteiger partial charge in [0.2, 0.25) is 11.8 Å². The van der Waals surface area contributed by atoms with Crippen molar-refractivity contribution < 1.29 is 4.42 Å². The average molecular weight is 229 g/mol. The van der Waals surface area contributed by atoms with E-state index in [9.17, 15) is 0 Å². The van der Waals surface area contributed by atoms with Crippen molar-refractivity contribution in [2.45, 2.75) is 50.8 Å². The van der Waals surface area contributed by atoms with Crippen LogP contribution in [0.2, 0.25) is 0 Å². The highest BCUT2D eigenvalue weighted by molar-refractivity contribution is 6.20. The second-order valence-electron chi connectivity index (χ2n) is 4.55. The van der Waals surface area contributed by atoms with Gasteiger partial charge in [0.1, 0.15) is 5.38 Å². The van der Waals surface area contributed by atoms with Gasteiger partial charge in [-0.05, 0) is 38.5 Å². The molecule has 15 heavy (non-hydrogen) atoms. The van der Waals surface area contributed by atoms with Gasteiger partial charge >= 0.3 is 0 Å². The van der Waals surface area contributed by atoms with Gasteiger partial charge in [-0.1, -0.05) is 6.92 Å². The molecule has 0 radical (unpaired) electrons. The fraction of sp³-hybridized carbons (Fsp3) is 0.818. The number of hydrogen-bond acceptors (Lipinski definition) is 3. The van der Waals surface area contributed by atoms with Gasteiger partial charge in [-0.2, -0.15) is 0 Å². The van der Waals surface area contributed by atoms with Gasteiger partial charge < -0.3 is 4.42 Å². The van der Waals surface area contributed by atoms with Crippen molar-refractivity contribution in [2.75, 3.05) is 0 Å². The van der Waals surface area contributed by atoms with E-state index >= 15 is 0 Å². The quantitative estimate of drug-likeness (QED) is 0.725. The number of aromatic nitrogens is 2. The van der Waals surface area contributed by atoms with Crippen LogP contribution in [-0.2, 0) is 0 Å². The van der Waals surface area contributed by atoms with E-state index in [2.05, 4.69) is 17.1 Å². The number of halogens is 1. The molecule has 1 aromatic rings. The minimum Gasteiger partial charge on any atom is -0.423 e. The fourth-order valence-electron chi connectivity index (χ4n) is 2.08. The Balaban J connectivity index is 2.03. The van der Waals surface area contributed by atoms with Crippen LogP contribution in [0, 0.1) is 5.92 Å². The van der Waals surface area contributed by atoms with Gasteiger partial charge in [0.05, 0.1) is 0 Å². The Bertz CT molecular complexity index is 316. The lowest BCUT2D eigenvalue weighted by Crippen LogP contribution is -2.11. The second-order valence-corrected chi connectivity index (χ2v) is 5.21. The molecule has 1 aromatic heterocycles. The second kappa shape index (κ2) is 4.52. The highest BCUT2D eigenvalue weighted by atomic mass is 35.5. The first-order chi connectivity index (χ1) is 7.16. The molecule has 0 spiro atoms. The van der Waals surface area contributed by atoms with Crippen LogP contribution >= 0.6 is 11.6 Å². The molecule has 1 aliphatic rings. The van der Waals surface area contributed by atoms with Crippen molar-refractivity contribution >= 4 is 11.6 Å². The maximum atomic E-state index is 5.88. The van der Waals surface area contributed by atoms with Gasteiger partial charge in [-0.3, -0.25) is 0 Å². The molecule has 0 bridgehead atoms. The van der Waals surface area contributed by atoms with Crippen LogP contribution in [0.3, 0.4) is 0 Å². The van der Waals surface area contributed by atoms with Crippen molar-refractivity contribution in [3.63, 3.8) is 0 Å². The van der Waals surface area contributed by atoms with E-state index in [4.69, 9.17) is 16.0 Å². The third kappa shape index (κ3) is 2.51. The molecule has 0 saturated heterocycles. The highest BCUT2D eigenvalue weighted by Gasteiger charge is 2.24. The zero-order chi connectivity index (χ0) is 10.8. The van der Waals surface area contributed by atoms with E-state index in [1.165, 1.54) is 25.7 Å². The minimum absolute atomic E-state index is 0.186. The van der Waals surface area contributed by atoms with Crippen LogP contribution in [0.4, 0.5) is 0 Å². The van der Waals surface area contributed by atoms with Gasteiger partial charge in [0, 0.05) is 5.92 Å². The van der Waals surface area contributed by atoms with Crippen LogP contribution in [0.5, 0.6) is 0 Å². The van der Waals surface area contributed by atoms with Crippen molar-refractivity contribution in [3.8, 4) is 0 Å². The zero-order valence-electron chi connectivity index (χ0n) is 9.24. The normalized spacial score (nSPS) is 29.0. The fourth-order valence-corrected chi connectivity index (χ4v) is 2.17. The monoisotopic (exact) mass is 228 g/mol. The van der Waals surface area contributed by atoms with Crippen LogP contribution < -0.4 is 0 Å². The molecular formula is C11H17ClN2O. The molecule has 1 unspecified atom stereocenters. The average Bonchev–Trinajstić information content (AvgIpc) is 2.68. The van der Waals surface area contributed by atoms with Crippen LogP contribution in [0.25, 0.3) is 0 Å². The van der Waals surface area contributed by atoms with E-state index in [1.54, 1.807) is 0 Å². The predicted octanol–water partition coefficient (Wildman–Crippen LogP) is 3.66. The molecule has 1 saturated carbocycles. The first-order valence-electron chi connectivity index (χ1n) is 5.64. The van der Waals surface area contributed by atoms with Crippen molar-refractivity contribution in [3.05, 3.63) is 11.8 Å². The summed E-state index contributed by atoms with van der Waals surface area (Å²) in [6.45, 7) is 4.15. The molecule has 4 heteroatoms. The maximum Gasteiger partial charge on any atom is 0.234 e. The summed E-state index contributed by atoms with van der Waals surface area (Å²) in [7, 11) is 0. The first kappa shape index (κ1) is 10.9. The van der Waals surface area contributed by atoms with Gasteiger partial charge in [0.25, 0.3) is 0 Å². The minimum atomic E-state index is -0.186. The van der Waals surface area contributed by atoms with E-state index in [1.807, 2.05) is 6.92 Å². The van der Waals surface area contributed by atoms with Crippen LogP contribution in [0.15, 0.2) is 4.42 Å². The largest absolute Gasteiger partial charge is 0.423 e. The van der Waals surface area contributed by atoms with E-state index in [0.29, 0.717) is 11.8 Å². The molecule has 3 nitrogen and oxygen atoms in total.